The molecule has 0 atom stereocenters. The molecule has 0 radical (unpaired) electrons. The Balaban J connectivity index is 1.50. The SMILES string of the molecule is N#Cc1c(C(=O)N2CCC(N3CCOC3=O)CC2)nc2c(C(F)(F)F)cc(-c3ccoc3)cn12. The number of pyridine rings is 1. The summed E-state index contributed by atoms with van der Waals surface area (Å²) in [6.07, 6.45) is -0.207. The molecule has 0 aliphatic carbocycles. The summed E-state index contributed by atoms with van der Waals surface area (Å²) in [7, 11) is 0. The number of rotatable bonds is 3. The van der Waals surface area contributed by atoms with E-state index in [1.54, 1.807) is 4.90 Å². The first kappa shape index (κ1) is 21.8. The number of ether oxygens (including phenoxy) is 1. The number of piperidine rings is 1. The molecular formula is C22H18F3N5O4. The lowest BCUT2D eigenvalue weighted by molar-refractivity contribution is -0.136. The van der Waals surface area contributed by atoms with Crippen LogP contribution in [0.15, 0.2) is 35.3 Å². The third-order valence-corrected chi connectivity index (χ3v) is 6.17. The summed E-state index contributed by atoms with van der Waals surface area (Å²) in [5.74, 6) is -0.624. The van der Waals surface area contributed by atoms with E-state index in [1.807, 2.05) is 6.07 Å². The van der Waals surface area contributed by atoms with Gasteiger partial charge in [-0.1, -0.05) is 0 Å². The smallest absolute Gasteiger partial charge is 0.420 e. The monoisotopic (exact) mass is 473 g/mol. The zero-order chi connectivity index (χ0) is 24.0. The standard InChI is InChI=1S/C22H18F3N5O4/c23-22(24,25)16-9-14(13-3-7-33-12-13)11-30-17(10-26)18(27-19(16)30)20(31)28-4-1-15(2-5-28)29-6-8-34-21(29)32/h3,7,9,11-12,15H,1-2,4-6,8H2. The van der Waals surface area contributed by atoms with Crippen molar-refractivity contribution < 1.29 is 31.9 Å². The molecule has 34 heavy (non-hydrogen) atoms. The maximum atomic E-state index is 13.9. The van der Waals surface area contributed by atoms with Crippen molar-refractivity contribution in [1.29, 1.82) is 5.26 Å². The van der Waals surface area contributed by atoms with Gasteiger partial charge in [-0.15, -0.1) is 0 Å². The van der Waals surface area contributed by atoms with E-state index in [0.717, 1.165) is 10.5 Å². The van der Waals surface area contributed by atoms with Gasteiger partial charge in [-0.2, -0.15) is 18.4 Å². The Morgan fingerprint density at radius 3 is 2.56 bits per heavy atom. The molecule has 0 bridgehead atoms. The van der Waals surface area contributed by atoms with Gasteiger partial charge in [0, 0.05) is 36.5 Å². The van der Waals surface area contributed by atoms with E-state index < -0.39 is 23.3 Å². The predicted molar refractivity (Wildman–Crippen MR) is 110 cm³/mol. The lowest BCUT2D eigenvalue weighted by atomic mass is 10.0. The zero-order valence-electron chi connectivity index (χ0n) is 17.7. The van der Waals surface area contributed by atoms with Crippen LogP contribution in [0.25, 0.3) is 16.8 Å². The van der Waals surface area contributed by atoms with Gasteiger partial charge in [0.25, 0.3) is 5.91 Å². The van der Waals surface area contributed by atoms with E-state index in [1.165, 1.54) is 29.7 Å². The van der Waals surface area contributed by atoms with Gasteiger partial charge in [0.05, 0.1) is 24.6 Å². The maximum Gasteiger partial charge on any atom is 0.420 e. The molecule has 5 heterocycles. The third-order valence-electron chi connectivity index (χ3n) is 6.17. The number of alkyl halides is 3. The molecule has 9 nitrogen and oxygen atoms in total. The van der Waals surface area contributed by atoms with Crippen LogP contribution in [0.2, 0.25) is 0 Å². The van der Waals surface area contributed by atoms with Crippen molar-refractivity contribution in [2.24, 2.45) is 0 Å². The highest BCUT2D eigenvalue weighted by molar-refractivity contribution is 5.95. The Bertz CT molecular complexity index is 1300. The molecular weight excluding hydrogens is 455 g/mol. The van der Waals surface area contributed by atoms with Crippen molar-refractivity contribution in [3.8, 4) is 17.2 Å². The summed E-state index contributed by atoms with van der Waals surface area (Å²) in [5.41, 5.74) is -1.64. The van der Waals surface area contributed by atoms with Gasteiger partial charge in [-0.3, -0.25) is 9.20 Å². The Hall–Kier alpha value is -4.01. The van der Waals surface area contributed by atoms with Crippen LogP contribution in [0.5, 0.6) is 0 Å². The van der Waals surface area contributed by atoms with E-state index >= 15 is 0 Å². The number of hydrogen-bond donors (Lipinski definition) is 0. The summed E-state index contributed by atoms with van der Waals surface area (Å²) < 4.78 is 52.5. The third kappa shape index (κ3) is 3.63. The zero-order valence-corrected chi connectivity index (χ0v) is 17.7. The van der Waals surface area contributed by atoms with Gasteiger partial charge in [0.2, 0.25) is 0 Å². The Labute approximate surface area is 190 Å². The number of imidazole rings is 1. The fourth-order valence-corrected chi connectivity index (χ4v) is 4.46. The number of cyclic esters (lactones) is 1. The number of fused-ring (bicyclic) bond motifs is 1. The minimum Gasteiger partial charge on any atom is -0.472 e. The molecule has 0 unspecified atom stereocenters. The number of carbonyl (C=O) groups is 2. The molecule has 0 N–H and O–H groups in total. The highest BCUT2D eigenvalue weighted by Crippen LogP contribution is 2.36. The summed E-state index contributed by atoms with van der Waals surface area (Å²) >= 11 is 0. The minimum absolute atomic E-state index is 0.0788. The average molecular weight is 473 g/mol. The number of nitriles is 1. The van der Waals surface area contributed by atoms with Crippen LogP contribution in [0, 0.1) is 11.3 Å². The number of aromatic nitrogens is 2. The highest BCUT2D eigenvalue weighted by atomic mass is 19.4. The second kappa shape index (κ2) is 8.09. The van der Waals surface area contributed by atoms with Crippen molar-refractivity contribution in [2.45, 2.75) is 25.1 Å². The molecule has 2 saturated heterocycles. The van der Waals surface area contributed by atoms with Crippen molar-refractivity contribution in [1.82, 2.24) is 19.2 Å². The largest absolute Gasteiger partial charge is 0.472 e. The van der Waals surface area contributed by atoms with Gasteiger partial charge in [-0.25, -0.2) is 9.78 Å². The van der Waals surface area contributed by atoms with Crippen molar-refractivity contribution in [2.75, 3.05) is 26.2 Å². The normalized spacial score (nSPS) is 17.3. The fourth-order valence-electron chi connectivity index (χ4n) is 4.46. The van der Waals surface area contributed by atoms with Crippen LogP contribution in [-0.4, -0.2) is 63.5 Å². The summed E-state index contributed by atoms with van der Waals surface area (Å²) in [4.78, 5) is 32.1. The molecule has 5 rings (SSSR count). The van der Waals surface area contributed by atoms with Crippen molar-refractivity contribution >= 4 is 17.6 Å². The van der Waals surface area contributed by atoms with E-state index in [-0.39, 0.29) is 42.2 Å². The molecule has 2 amide bonds. The van der Waals surface area contributed by atoms with Crippen LogP contribution in [0.4, 0.5) is 18.0 Å². The molecule has 3 aromatic rings. The van der Waals surface area contributed by atoms with Crippen molar-refractivity contribution in [3.05, 3.63) is 47.8 Å². The molecule has 3 aromatic heterocycles. The lowest BCUT2D eigenvalue weighted by Gasteiger charge is -2.35. The van der Waals surface area contributed by atoms with E-state index in [2.05, 4.69) is 4.98 Å². The topological polar surface area (TPSA) is 104 Å². The molecule has 0 aromatic carbocycles. The minimum atomic E-state index is -4.76. The van der Waals surface area contributed by atoms with E-state index in [9.17, 15) is 28.0 Å². The predicted octanol–water partition coefficient (Wildman–Crippen LogP) is 3.54. The van der Waals surface area contributed by atoms with E-state index in [0.29, 0.717) is 31.6 Å². The number of nitrogens with zero attached hydrogens (tertiary/aromatic N) is 5. The molecule has 2 aliphatic heterocycles. The fraction of sp³-hybridized carbons (Fsp3) is 0.364. The number of amides is 2. The molecule has 2 fully saturated rings. The molecule has 0 spiro atoms. The summed E-state index contributed by atoms with van der Waals surface area (Å²) in [6.45, 7) is 1.37. The summed E-state index contributed by atoms with van der Waals surface area (Å²) in [6, 6.07) is 4.18. The first-order valence-electron chi connectivity index (χ1n) is 10.6. The Morgan fingerprint density at radius 1 is 1.21 bits per heavy atom. The van der Waals surface area contributed by atoms with Gasteiger partial charge < -0.3 is 19.0 Å². The first-order valence-corrected chi connectivity index (χ1v) is 10.6. The van der Waals surface area contributed by atoms with Crippen LogP contribution in [0.1, 0.15) is 34.6 Å². The quantitative estimate of drug-likeness (QED) is 0.576. The number of likely N-dealkylation sites (tertiary alicyclic amines) is 1. The molecule has 2 aliphatic rings. The van der Waals surface area contributed by atoms with Crippen LogP contribution in [0.3, 0.4) is 0 Å². The molecule has 0 saturated carbocycles. The lowest BCUT2D eigenvalue weighted by Crippen LogP contribution is -2.47. The second-order valence-corrected chi connectivity index (χ2v) is 8.10. The Morgan fingerprint density at radius 2 is 1.97 bits per heavy atom. The van der Waals surface area contributed by atoms with Gasteiger partial charge in [0.1, 0.15) is 12.7 Å². The van der Waals surface area contributed by atoms with Crippen LogP contribution < -0.4 is 0 Å². The van der Waals surface area contributed by atoms with Crippen molar-refractivity contribution in [3.63, 3.8) is 0 Å². The Kier molecular flexibility index (Phi) is 5.19. The highest BCUT2D eigenvalue weighted by Gasteiger charge is 2.38. The maximum absolute atomic E-state index is 13.9. The van der Waals surface area contributed by atoms with Gasteiger partial charge in [0.15, 0.2) is 17.0 Å². The van der Waals surface area contributed by atoms with Crippen LogP contribution >= 0.6 is 0 Å². The first-order chi connectivity index (χ1) is 16.3. The average Bonchev–Trinajstić information content (AvgIpc) is 3.56. The van der Waals surface area contributed by atoms with Gasteiger partial charge >= 0.3 is 12.3 Å². The second-order valence-electron chi connectivity index (χ2n) is 8.10. The number of hydrogen-bond acceptors (Lipinski definition) is 6. The number of carbonyl (C=O) groups excluding carboxylic acids is 2. The van der Waals surface area contributed by atoms with Crippen LogP contribution in [-0.2, 0) is 10.9 Å². The van der Waals surface area contributed by atoms with E-state index in [4.69, 9.17) is 9.15 Å². The number of furan rings is 1. The summed E-state index contributed by atoms with van der Waals surface area (Å²) in [5, 5.41) is 9.74. The number of halogens is 3. The molecule has 12 heteroatoms. The molecule has 176 valence electrons. The van der Waals surface area contributed by atoms with Gasteiger partial charge in [-0.05, 0) is 25.0 Å².